The van der Waals surface area contributed by atoms with E-state index in [-0.39, 0.29) is 36.5 Å². The third kappa shape index (κ3) is 4.24. The second-order valence-electron chi connectivity index (χ2n) is 10.3. The highest BCUT2D eigenvalue weighted by molar-refractivity contribution is 7.14. The van der Waals surface area contributed by atoms with E-state index in [1.165, 1.54) is 11.3 Å². The highest BCUT2D eigenvalue weighted by Crippen LogP contribution is 2.63. The van der Waals surface area contributed by atoms with Gasteiger partial charge in [-0.1, -0.05) is 0 Å². The Morgan fingerprint density at radius 3 is 2.47 bits per heavy atom. The van der Waals surface area contributed by atoms with Crippen molar-refractivity contribution in [2.75, 3.05) is 11.9 Å². The maximum atomic E-state index is 15.2. The Kier molecular flexibility index (Phi) is 5.19. The summed E-state index contributed by atoms with van der Waals surface area (Å²) in [7, 11) is 0. The van der Waals surface area contributed by atoms with E-state index in [0.717, 1.165) is 19.3 Å². The van der Waals surface area contributed by atoms with Gasteiger partial charge >= 0.3 is 6.09 Å². The molecule has 1 aromatic rings. The predicted octanol–water partition coefficient (Wildman–Crippen LogP) is 4.70. The van der Waals surface area contributed by atoms with Gasteiger partial charge in [0, 0.05) is 0 Å². The lowest BCUT2D eigenvalue weighted by Crippen LogP contribution is -2.57. The summed E-state index contributed by atoms with van der Waals surface area (Å²) in [5, 5.41) is 7.56. The smallest absolute Gasteiger partial charge is 0.408 e. The van der Waals surface area contributed by atoms with Gasteiger partial charge in [-0.2, -0.15) is 0 Å². The Morgan fingerprint density at radius 1 is 1.20 bits per heavy atom. The Balaban J connectivity index is 1.41. The molecule has 2 unspecified atom stereocenters. The van der Waals surface area contributed by atoms with Crippen molar-refractivity contribution in [2.24, 2.45) is 17.3 Å². The summed E-state index contributed by atoms with van der Waals surface area (Å²) in [6.07, 6.45) is 3.27. The standard InChI is InChI=1S/C22H29FN2O4S/c1-20(2,3)29-19(28)24-11-16(26)15-4-5-30-17(15)25-18(27)21-7-13-6-14(8-21)10-22(23,9-13)12-21/h4-5,13-14H,6-12H2,1-3H3,(H,24,28)(H,25,27). The molecule has 0 spiro atoms. The minimum absolute atomic E-state index is 0.171. The summed E-state index contributed by atoms with van der Waals surface area (Å²) in [6.45, 7) is 5.00. The average molecular weight is 437 g/mol. The van der Waals surface area contributed by atoms with E-state index >= 15 is 4.39 Å². The number of ether oxygens (including phenoxy) is 1. The molecular weight excluding hydrogens is 407 g/mol. The molecule has 4 saturated carbocycles. The fourth-order valence-corrected chi connectivity index (χ4v) is 6.64. The maximum absolute atomic E-state index is 15.2. The van der Waals surface area contributed by atoms with Crippen LogP contribution in [-0.4, -0.2) is 35.6 Å². The number of hydrogen-bond acceptors (Lipinski definition) is 5. The molecule has 1 heterocycles. The molecule has 2 atom stereocenters. The number of amides is 2. The van der Waals surface area contributed by atoms with Crippen molar-refractivity contribution in [1.82, 2.24) is 5.32 Å². The van der Waals surface area contributed by atoms with Crippen LogP contribution in [0.1, 0.15) is 69.7 Å². The number of alkyl carbamates (subject to hydrolysis) is 1. The van der Waals surface area contributed by atoms with Crippen molar-refractivity contribution >= 4 is 34.1 Å². The van der Waals surface area contributed by atoms with E-state index < -0.39 is 22.8 Å². The zero-order valence-corrected chi connectivity index (χ0v) is 18.5. The number of alkyl halides is 1. The molecule has 2 amide bonds. The molecule has 0 saturated heterocycles. The molecule has 0 aliphatic heterocycles. The lowest BCUT2D eigenvalue weighted by atomic mass is 9.48. The number of anilines is 1. The van der Waals surface area contributed by atoms with Crippen LogP contribution in [0.3, 0.4) is 0 Å². The summed E-state index contributed by atoms with van der Waals surface area (Å²) >= 11 is 1.26. The average Bonchev–Trinajstić information content (AvgIpc) is 3.04. The molecule has 6 nitrogen and oxygen atoms in total. The third-order valence-corrected chi connectivity index (χ3v) is 7.29. The van der Waals surface area contributed by atoms with Crippen LogP contribution in [0, 0.1) is 17.3 Å². The number of carbonyl (C=O) groups is 3. The number of halogens is 1. The fraction of sp³-hybridized carbons (Fsp3) is 0.682. The van der Waals surface area contributed by atoms with Crippen molar-refractivity contribution in [3.05, 3.63) is 17.0 Å². The van der Waals surface area contributed by atoms with Gasteiger partial charge in [-0.05, 0) is 82.6 Å². The predicted molar refractivity (Wildman–Crippen MR) is 112 cm³/mol. The highest BCUT2D eigenvalue weighted by atomic mass is 32.1. The van der Waals surface area contributed by atoms with Gasteiger partial charge in [0.15, 0.2) is 5.78 Å². The summed E-state index contributed by atoms with van der Waals surface area (Å²) in [5.74, 6) is 0.0778. The number of thiophene rings is 1. The number of Topliss-reactive ketones (excluding diaryl/α,β-unsaturated/α-hetero) is 1. The summed E-state index contributed by atoms with van der Waals surface area (Å²) in [5.41, 5.74) is -2.19. The molecule has 4 aliphatic rings. The monoisotopic (exact) mass is 436 g/mol. The lowest BCUT2D eigenvalue weighted by molar-refractivity contribution is -0.155. The fourth-order valence-electron chi connectivity index (χ4n) is 5.84. The van der Waals surface area contributed by atoms with Crippen LogP contribution in [-0.2, 0) is 9.53 Å². The van der Waals surface area contributed by atoms with Gasteiger partial charge in [0.1, 0.15) is 16.3 Å². The van der Waals surface area contributed by atoms with Crippen molar-refractivity contribution in [1.29, 1.82) is 0 Å². The van der Waals surface area contributed by atoms with Crippen LogP contribution in [0.5, 0.6) is 0 Å². The first-order valence-electron chi connectivity index (χ1n) is 10.5. The Bertz CT molecular complexity index is 861. The van der Waals surface area contributed by atoms with E-state index in [4.69, 9.17) is 4.74 Å². The first-order chi connectivity index (χ1) is 14.0. The summed E-state index contributed by atoms with van der Waals surface area (Å²) in [6, 6.07) is 1.63. The molecule has 8 heteroatoms. The molecule has 4 bridgehead atoms. The quantitative estimate of drug-likeness (QED) is 0.655. The van der Waals surface area contributed by atoms with Crippen molar-refractivity contribution in [3.8, 4) is 0 Å². The van der Waals surface area contributed by atoms with E-state index in [9.17, 15) is 14.4 Å². The molecule has 0 aromatic carbocycles. The zero-order valence-electron chi connectivity index (χ0n) is 17.7. The van der Waals surface area contributed by atoms with E-state index in [1.807, 2.05) is 0 Å². The molecule has 0 radical (unpaired) electrons. The first kappa shape index (κ1) is 21.3. The van der Waals surface area contributed by atoms with Crippen LogP contribution in [0.25, 0.3) is 0 Å². The van der Waals surface area contributed by atoms with Crippen LogP contribution in [0.15, 0.2) is 11.4 Å². The summed E-state index contributed by atoms with van der Waals surface area (Å²) < 4.78 is 20.3. The van der Waals surface area contributed by atoms with Gasteiger partial charge in [0.2, 0.25) is 5.91 Å². The molecule has 164 valence electrons. The number of rotatable bonds is 5. The lowest BCUT2D eigenvalue weighted by Gasteiger charge is -2.58. The number of carbonyl (C=O) groups excluding carboxylic acids is 3. The Hall–Kier alpha value is -1.96. The van der Waals surface area contributed by atoms with Gasteiger partial charge in [-0.15, -0.1) is 11.3 Å². The van der Waals surface area contributed by atoms with Crippen molar-refractivity contribution < 1.29 is 23.5 Å². The highest BCUT2D eigenvalue weighted by Gasteiger charge is 2.61. The normalized spacial score (nSPS) is 32.0. The molecule has 5 rings (SSSR count). The number of ketones is 1. The molecule has 4 fully saturated rings. The molecular formula is C22H29FN2O4S. The van der Waals surface area contributed by atoms with Crippen molar-refractivity contribution in [2.45, 2.75) is 70.6 Å². The van der Waals surface area contributed by atoms with Gasteiger partial charge in [-0.25, -0.2) is 9.18 Å². The zero-order chi connectivity index (χ0) is 21.7. The third-order valence-electron chi connectivity index (χ3n) is 6.46. The molecule has 30 heavy (non-hydrogen) atoms. The number of hydrogen-bond donors (Lipinski definition) is 2. The minimum atomic E-state index is -1.22. The van der Waals surface area contributed by atoms with E-state index in [0.29, 0.717) is 23.4 Å². The van der Waals surface area contributed by atoms with E-state index in [1.54, 1.807) is 32.2 Å². The molecule has 1 aromatic heterocycles. The second kappa shape index (κ2) is 7.32. The SMILES string of the molecule is CC(C)(C)OC(=O)NCC(=O)c1ccsc1NC(=O)C12CC3CC(CC(F)(C3)C1)C2. The van der Waals surface area contributed by atoms with Crippen LogP contribution in [0.2, 0.25) is 0 Å². The van der Waals surface area contributed by atoms with Gasteiger partial charge in [-0.3, -0.25) is 9.59 Å². The van der Waals surface area contributed by atoms with Crippen LogP contribution >= 0.6 is 11.3 Å². The topological polar surface area (TPSA) is 84.5 Å². The summed E-state index contributed by atoms with van der Waals surface area (Å²) in [4.78, 5) is 37.6. The van der Waals surface area contributed by atoms with Gasteiger partial charge in [0.25, 0.3) is 0 Å². The Morgan fingerprint density at radius 2 is 1.87 bits per heavy atom. The Labute approximate surface area is 179 Å². The molecule has 4 aliphatic carbocycles. The first-order valence-corrected chi connectivity index (χ1v) is 11.4. The maximum Gasteiger partial charge on any atom is 0.408 e. The largest absolute Gasteiger partial charge is 0.444 e. The van der Waals surface area contributed by atoms with Crippen LogP contribution < -0.4 is 10.6 Å². The van der Waals surface area contributed by atoms with Crippen molar-refractivity contribution in [3.63, 3.8) is 0 Å². The second-order valence-corrected chi connectivity index (χ2v) is 11.2. The van der Waals surface area contributed by atoms with E-state index in [2.05, 4.69) is 10.6 Å². The van der Waals surface area contributed by atoms with Gasteiger partial charge < -0.3 is 15.4 Å². The van der Waals surface area contributed by atoms with Gasteiger partial charge in [0.05, 0.1) is 17.5 Å². The van der Waals surface area contributed by atoms with Crippen LogP contribution in [0.4, 0.5) is 14.2 Å². The number of nitrogens with one attached hydrogen (secondary N) is 2. The minimum Gasteiger partial charge on any atom is -0.444 e. The molecule has 2 N–H and O–H groups in total.